The SMILES string of the molecule is CC(C)n1c(NS(=O)(=O)CCc2ccccc2)nc(-c2ccc(F)cc2)c1CCC(O)CC(O)CC(=O)O. The van der Waals surface area contributed by atoms with E-state index in [1.807, 2.05) is 44.2 Å². The molecule has 2 unspecified atom stereocenters. The summed E-state index contributed by atoms with van der Waals surface area (Å²) in [6.07, 6.45) is -2.04. The zero-order valence-corrected chi connectivity index (χ0v) is 22.2. The Morgan fingerprint density at radius 2 is 1.68 bits per heavy atom. The van der Waals surface area contributed by atoms with Crippen LogP contribution in [0.3, 0.4) is 0 Å². The summed E-state index contributed by atoms with van der Waals surface area (Å²) in [7, 11) is -3.77. The lowest BCUT2D eigenvalue weighted by Crippen LogP contribution is -2.23. The lowest BCUT2D eigenvalue weighted by atomic mass is 10.0. The molecule has 0 spiro atoms. The van der Waals surface area contributed by atoms with E-state index in [-0.39, 0.29) is 37.0 Å². The van der Waals surface area contributed by atoms with Crippen LogP contribution in [0.4, 0.5) is 10.3 Å². The molecule has 0 fully saturated rings. The van der Waals surface area contributed by atoms with Gasteiger partial charge in [-0.25, -0.2) is 17.8 Å². The number of imidazole rings is 1. The van der Waals surface area contributed by atoms with Crippen LogP contribution in [0.2, 0.25) is 0 Å². The van der Waals surface area contributed by atoms with Crippen molar-refractivity contribution in [1.29, 1.82) is 0 Å². The lowest BCUT2D eigenvalue weighted by molar-refractivity contribution is -0.139. The van der Waals surface area contributed by atoms with E-state index in [1.165, 1.54) is 12.1 Å². The van der Waals surface area contributed by atoms with E-state index in [2.05, 4.69) is 9.71 Å². The van der Waals surface area contributed by atoms with E-state index in [0.717, 1.165) is 5.56 Å². The number of aliphatic hydroxyl groups is 2. The van der Waals surface area contributed by atoms with Crippen LogP contribution in [0.25, 0.3) is 11.3 Å². The van der Waals surface area contributed by atoms with Crippen LogP contribution >= 0.6 is 0 Å². The molecule has 4 N–H and O–H groups in total. The third kappa shape index (κ3) is 8.37. The summed E-state index contributed by atoms with van der Waals surface area (Å²) < 4.78 is 43.9. The van der Waals surface area contributed by atoms with Gasteiger partial charge >= 0.3 is 5.97 Å². The Bertz CT molecular complexity index is 1310. The van der Waals surface area contributed by atoms with E-state index in [1.54, 1.807) is 16.7 Å². The largest absolute Gasteiger partial charge is 0.481 e. The van der Waals surface area contributed by atoms with Gasteiger partial charge in [-0.3, -0.25) is 9.52 Å². The minimum atomic E-state index is -3.77. The molecule has 0 saturated heterocycles. The second-order valence-electron chi connectivity index (χ2n) is 9.54. The van der Waals surface area contributed by atoms with Crippen molar-refractivity contribution in [2.24, 2.45) is 0 Å². The van der Waals surface area contributed by atoms with Crippen molar-refractivity contribution in [3.05, 3.63) is 71.7 Å². The third-order valence-corrected chi connectivity index (χ3v) is 7.30. The van der Waals surface area contributed by atoms with Gasteiger partial charge in [-0.1, -0.05) is 30.3 Å². The Morgan fingerprint density at radius 3 is 2.29 bits per heavy atom. The maximum Gasteiger partial charge on any atom is 0.305 e. The number of aromatic nitrogens is 2. The summed E-state index contributed by atoms with van der Waals surface area (Å²) in [5, 5.41) is 29.2. The number of carboxylic acid groups (broad SMARTS) is 1. The first-order valence-electron chi connectivity index (χ1n) is 12.4. The number of hydrogen-bond acceptors (Lipinski definition) is 6. The fourth-order valence-corrected chi connectivity index (χ4v) is 5.31. The molecule has 0 radical (unpaired) electrons. The number of halogens is 1. The normalized spacial score (nSPS) is 13.4. The van der Waals surface area contributed by atoms with Crippen LogP contribution in [-0.4, -0.2) is 57.2 Å². The highest BCUT2D eigenvalue weighted by Crippen LogP contribution is 2.32. The number of nitrogens with one attached hydrogen (secondary N) is 1. The monoisotopic (exact) mass is 547 g/mol. The Kier molecular flexibility index (Phi) is 10.0. The van der Waals surface area contributed by atoms with Crippen molar-refractivity contribution >= 4 is 21.9 Å². The zero-order chi connectivity index (χ0) is 27.9. The van der Waals surface area contributed by atoms with Crippen LogP contribution in [0.5, 0.6) is 0 Å². The highest BCUT2D eigenvalue weighted by Gasteiger charge is 2.25. The van der Waals surface area contributed by atoms with Gasteiger partial charge in [-0.15, -0.1) is 0 Å². The van der Waals surface area contributed by atoms with Crippen LogP contribution < -0.4 is 4.72 Å². The maximum absolute atomic E-state index is 13.6. The first-order chi connectivity index (χ1) is 17.9. The average Bonchev–Trinajstić information content (AvgIpc) is 3.19. The number of benzene rings is 2. The number of rotatable bonds is 14. The zero-order valence-electron chi connectivity index (χ0n) is 21.4. The number of sulfonamides is 1. The number of carboxylic acids is 1. The minimum absolute atomic E-state index is 0.114. The molecule has 1 heterocycles. The Hall–Kier alpha value is -3.28. The van der Waals surface area contributed by atoms with Gasteiger partial charge in [0.05, 0.1) is 30.1 Å². The van der Waals surface area contributed by atoms with Gasteiger partial charge in [0.25, 0.3) is 0 Å². The van der Waals surface area contributed by atoms with Crippen molar-refractivity contribution in [3.8, 4) is 11.3 Å². The van der Waals surface area contributed by atoms with Gasteiger partial charge in [0, 0.05) is 17.3 Å². The molecule has 3 aromatic rings. The number of aliphatic hydroxyl groups excluding tert-OH is 2. The van der Waals surface area contributed by atoms with E-state index in [0.29, 0.717) is 23.4 Å². The molecular formula is C27H34FN3O6S. The molecule has 0 aliphatic carbocycles. The van der Waals surface area contributed by atoms with Gasteiger partial charge in [0.15, 0.2) is 0 Å². The van der Waals surface area contributed by atoms with Gasteiger partial charge in [-0.05, 0) is 69.4 Å². The van der Waals surface area contributed by atoms with Gasteiger partial charge < -0.3 is 19.9 Å². The molecule has 1 aromatic heterocycles. The van der Waals surface area contributed by atoms with E-state index < -0.39 is 40.4 Å². The molecule has 9 nitrogen and oxygen atoms in total. The highest BCUT2D eigenvalue weighted by atomic mass is 32.2. The maximum atomic E-state index is 13.6. The Labute approximate surface area is 222 Å². The first-order valence-corrected chi connectivity index (χ1v) is 14.1. The van der Waals surface area contributed by atoms with Crippen molar-refractivity contribution in [1.82, 2.24) is 9.55 Å². The first kappa shape index (κ1) is 29.3. The number of aryl methyl sites for hydroxylation is 1. The molecule has 0 aliphatic rings. The highest BCUT2D eigenvalue weighted by molar-refractivity contribution is 7.92. The van der Waals surface area contributed by atoms with Crippen LogP contribution in [0, 0.1) is 5.82 Å². The quantitative estimate of drug-likeness (QED) is 0.241. The van der Waals surface area contributed by atoms with Gasteiger partial charge in [-0.2, -0.15) is 0 Å². The molecule has 0 saturated carbocycles. The number of nitrogens with zero attached hydrogens (tertiary/aromatic N) is 2. The molecule has 2 aromatic carbocycles. The molecular weight excluding hydrogens is 513 g/mol. The fourth-order valence-electron chi connectivity index (χ4n) is 4.28. The molecule has 0 bridgehead atoms. The predicted octanol–water partition coefficient (Wildman–Crippen LogP) is 3.77. The standard InChI is InChI=1S/C27H34FN3O6S/c1-18(2)31-24(13-12-22(32)16-23(33)17-25(34)35)26(20-8-10-21(28)11-9-20)29-27(31)30-38(36,37)15-14-19-6-4-3-5-7-19/h3-11,18,22-23,32-33H,12-17H2,1-2H3,(H,29,30)(H,34,35). The summed E-state index contributed by atoms with van der Waals surface area (Å²) in [5.74, 6) is -1.62. The van der Waals surface area contributed by atoms with Crippen molar-refractivity contribution in [2.45, 2.75) is 64.2 Å². The minimum Gasteiger partial charge on any atom is -0.481 e. The summed E-state index contributed by atoms with van der Waals surface area (Å²) >= 11 is 0. The van der Waals surface area contributed by atoms with Gasteiger partial charge in [0.1, 0.15) is 5.82 Å². The molecule has 11 heteroatoms. The Balaban J connectivity index is 1.90. The third-order valence-electron chi connectivity index (χ3n) is 6.06. The molecule has 0 aliphatic heterocycles. The molecule has 206 valence electrons. The summed E-state index contributed by atoms with van der Waals surface area (Å²) in [6, 6.07) is 14.7. The molecule has 2 atom stereocenters. The number of anilines is 1. The second-order valence-corrected chi connectivity index (χ2v) is 11.4. The average molecular weight is 548 g/mol. The second kappa shape index (κ2) is 13.0. The van der Waals surface area contributed by atoms with Crippen molar-refractivity contribution in [3.63, 3.8) is 0 Å². The number of aliphatic carboxylic acids is 1. The molecule has 3 rings (SSSR count). The van der Waals surface area contributed by atoms with Crippen LogP contribution in [-0.2, 0) is 27.7 Å². The number of hydrogen-bond donors (Lipinski definition) is 4. The van der Waals surface area contributed by atoms with Crippen molar-refractivity contribution < 1.29 is 32.9 Å². The summed E-state index contributed by atoms with van der Waals surface area (Å²) in [4.78, 5) is 15.4. The molecule has 0 amide bonds. The van der Waals surface area contributed by atoms with E-state index in [4.69, 9.17) is 5.11 Å². The van der Waals surface area contributed by atoms with E-state index >= 15 is 0 Å². The predicted molar refractivity (Wildman–Crippen MR) is 143 cm³/mol. The van der Waals surface area contributed by atoms with Gasteiger partial charge in [0.2, 0.25) is 16.0 Å². The molecule has 38 heavy (non-hydrogen) atoms. The number of carbonyl (C=O) groups is 1. The lowest BCUT2D eigenvalue weighted by Gasteiger charge is -2.19. The van der Waals surface area contributed by atoms with Crippen LogP contribution in [0.15, 0.2) is 54.6 Å². The summed E-state index contributed by atoms with van der Waals surface area (Å²) in [6.45, 7) is 3.74. The topological polar surface area (TPSA) is 142 Å². The van der Waals surface area contributed by atoms with Crippen molar-refractivity contribution in [2.75, 3.05) is 10.5 Å². The van der Waals surface area contributed by atoms with E-state index in [9.17, 15) is 27.8 Å². The Morgan fingerprint density at radius 1 is 1.03 bits per heavy atom. The fraction of sp³-hybridized carbons (Fsp3) is 0.407. The summed E-state index contributed by atoms with van der Waals surface area (Å²) in [5.41, 5.74) is 2.53. The van der Waals surface area contributed by atoms with Crippen LogP contribution in [0.1, 0.15) is 50.4 Å². The smallest absolute Gasteiger partial charge is 0.305 e.